The summed E-state index contributed by atoms with van der Waals surface area (Å²) in [5, 5.41) is 23.9. The molecule has 0 unspecified atom stereocenters. The van der Waals surface area contributed by atoms with Crippen LogP contribution in [0.1, 0.15) is 49.8 Å². The van der Waals surface area contributed by atoms with Crippen LogP contribution < -0.4 is 10.6 Å². The number of aromatic nitrogens is 1. The lowest BCUT2D eigenvalue weighted by molar-refractivity contribution is -0.192. The largest absolute Gasteiger partial charge is 0.490 e. The molecule has 2 aromatic rings. The van der Waals surface area contributed by atoms with E-state index >= 15 is 0 Å². The quantitative estimate of drug-likeness (QED) is 0.426. The minimum Gasteiger partial charge on any atom is -0.475 e. The second-order valence-corrected chi connectivity index (χ2v) is 11.5. The van der Waals surface area contributed by atoms with Crippen molar-refractivity contribution in [2.75, 3.05) is 13.1 Å². The van der Waals surface area contributed by atoms with Gasteiger partial charge in [0.25, 0.3) is 0 Å². The SMILES string of the molecule is Cc1ncsc1-c1ccc(CNC(=O)[C@@H]2C[C@@H](O)CN2C(=O)C2CC3(CCCCN3)C2)cc1.O=C(O)C(F)(F)F. The third-order valence-corrected chi connectivity index (χ3v) is 8.72. The first-order chi connectivity index (χ1) is 18.9. The molecule has 3 heterocycles. The summed E-state index contributed by atoms with van der Waals surface area (Å²) in [6.45, 7) is 3.67. The molecular formula is C27H33F3N4O5S. The number of aliphatic hydroxyl groups excluding tert-OH is 1. The topological polar surface area (TPSA) is 132 Å². The van der Waals surface area contributed by atoms with Gasteiger partial charge in [-0.1, -0.05) is 30.7 Å². The van der Waals surface area contributed by atoms with Crippen LogP contribution in [0.2, 0.25) is 0 Å². The standard InChI is InChI=1S/C25H32N4O3S.C2HF3O2/c1-16-22(33-15-27-16)18-6-4-17(5-7-18)13-26-23(31)21-10-20(30)14-29(21)24(32)19-11-25(12-19)8-2-3-9-28-25;3-2(4,5)1(6)7/h4-7,15,19-21,28,30H,2-3,8-14H2,1H3,(H,26,31);(H,6,7)/t19?,20-,21+,25?;/m1./s1. The molecule has 2 amide bonds. The summed E-state index contributed by atoms with van der Waals surface area (Å²) in [6.07, 6.45) is -0.187. The highest BCUT2D eigenvalue weighted by atomic mass is 32.1. The molecule has 1 saturated carbocycles. The van der Waals surface area contributed by atoms with Gasteiger partial charge in [-0.3, -0.25) is 9.59 Å². The van der Waals surface area contributed by atoms with Crippen molar-refractivity contribution in [3.05, 3.63) is 41.0 Å². The van der Waals surface area contributed by atoms with Gasteiger partial charge in [-0.05, 0) is 50.3 Å². The van der Waals surface area contributed by atoms with Crippen LogP contribution in [0.15, 0.2) is 29.8 Å². The van der Waals surface area contributed by atoms with E-state index in [1.54, 1.807) is 16.2 Å². The van der Waals surface area contributed by atoms with Crippen LogP contribution >= 0.6 is 11.3 Å². The number of nitrogens with one attached hydrogen (secondary N) is 2. The van der Waals surface area contributed by atoms with Gasteiger partial charge in [-0.25, -0.2) is 9.78 Å². The smallest absolute Gasteiger partial charge is 0.475 e. The lowest BCUT2D eigenvalue weighted by Gasteiger charge is -2.51. The van der Waals surface area contributed by atoms with Crippen molar-refractivity contribution < 1.29 is 37.8 Å². The average molecular weight is 583 g/mol. The third kappa shape index (κ3) is 6.99. The van der Waals surface area contributed by atoms with Crippen LogP contribution in [0.25, 0.3) is 10.4 Å². The van der Waals surface area contributed by atoms with Crippen molar-refractivity contribution in [1.82, 2.24) is 20.5 Å². The number of nitrogens with zero attached hydrogens (tertiary/aromatic N) is 2. The first-order valence-electron chi connectivity index (χ1n) is 13.2. The van der Waals surface area contributed by atoms with E-state index in [1.807, 2.05) is 36.7 Å². The Morgan fingerprint density at radius 1 is 1.20 bits per heavy atom. The maximum absolute atomic E-state index is 13.2. The number of thiazole rings is 1. The Morgan fingerprint density at radius 3 is 2.42 bits per heavy atom. The van der Waals surface area contributed by atoms with Crippen molar-refractivity contribution in [3.8, 4) is 10.4 Å². The molecule has 2 aliphatic heterocycles. The molecule has 1 spiro atoms. The summed E-state index contributed by atoms with van der Waals surface area (Å²) < 4.78 is 31.7. The highest BCUT2D eigenvalue weighted by molar-refractivity contribution is 7.13. The van der Waals surface area contributed by atoms with Crippen LogP contribution in [-0.4, -0.2) is 74.8 Å². The molecule has 3 aliphatic rings. The first-order valence-corrected chi connectivity index (χ1v) is 14.1. The average Bonchev–Trinajstić information content (AvgIpc) is 3.51. The molecule has 3 fully saturated rings. The second-order valence-electron chi connectivity index (χ2n) is 10.6. The number of aliphatic hydroxyl groups is 1. The number of carbonyl (C=O) groups excluding carboxylic acids is 2. The molecule has 4 N–H and O–H groups in total. The number of benzene rings is 1. The summed E-state index contributed by atoms with van der Waals surface area (Å²) in [5.74, 6) is -2.97. The van der Waals surface area contributed by atoms with E-state index in [0.29, 0.717) is 13.0 Å². The van der Waals surface area contributed by atoms with E-state index in [0.717, 1.165) is 47.5 Å². The summed E-state index contributed by atoms with van der Waals surface area (Å²) >= 11 is 1.62. The minimum atomic E-state index is -5.08. The number of alkyl halides is 3. The lowest BCUT2D eigenvalue weighted by atomic mass is 9.64. The molecule has 1 aromatic carbocycles. The van der Waals surface area contributed by atoms with E-state index in [-0.39, 0.29) is 29.8 Å². The van der Waals surface area contributed by atoms with Gasteiger partial charge in [-0.15, -0.1) is 11.3 Å². The monoisotopic (exact) mass is 582 g/mol. The molecule has 1 aromatic heterocycles. The van der Waals surface area contributed by atoms with Gasteiger partial charge in [0, 0.05) is 31.0 Å². The van der Waals surface area contributed by atoms with Crippen molar-refractivity contribution in [3.63, 3.8) is 0 Å². The molecule has 0 radical (unpaired) electrons. The number of piperidine rings is 1. The fourth-order valence-corrected chi connectivity index (χ4v) is 6.45. The Morgan fingerprint density at radius 2 is 1.88 bits per heavy atom. The number of likely N-dealkylation sites (tertiary alicyclic amines) is 1. The Hall–Kier alpha value is -3.03. The summed E-state index contributed by atoms with van der Waals surface area (Å²) in [5.41, 5.74) is 5.10. The highest BCUT2D eigenvalue weighted by Crippen LogP contribution is 2.44. The van der Waals surface area contributed by atoms with Gasteiger partial charge in [0.15, 0.2) is 0 Å². The number of carboxylic acid groups (broad SMARTS) is 1. The van der Waals surface area contributed by atoms with E-state index in [9.17, 15) is 27.9 Å². The summed E-state index contributed by atoms with van der Waals surface area (Å²) in [6, 6.07) is 7.51. The number of aliphatic carboxylic acids is 1. The van der Waals surface area contributed by atoms with Gasteiger partial charge in [0.2, 0.25) is 11.8 Å². The molecule has 5 rings (SSSR count). The minimum absolute atomic E-state index is 0.0222. The van der Waals surface area contributed by atoms with Gasteiger partial charge in [0.1, 0.15) is 6.04 Å². The van der Waals surface area contributed by atoms with E-state index in [2.05, 4.69) is 15.6 Å². The molecule has 0 bridgehead atoms. The fourth-order valence-electron chi connectivity index (χ4n) is 5.64. The Bertz CT molecular complexity index is 1210. The van der Waals surface area contributed by atoms with Gasteiger partial charge in [0.05, 0.1) is 22.2 Å². The molecule has 2 atom stereocenters. The Balaban J connectivity index is 0.000000470. The molecule has 1 aliphatic carbocycles. The highest BCUT2D eigenvalue weighted by Gasteiger charge is 2.51. The molecule has 9 nitrogen and oxygen atoms in total. The zero-order chi connectivity index (χ0) is 29.1. The number of carboxylic acids is 1. The van der Waals surface area contributed by atoms with Crippen LogP contribution in [0, 0.1) is 12.8 Å². The van der Waals surface area contributed by atoms with Crippen LogP contribution in [-0.2, 0) is 20.9 Å². The number of β-amino-alcohol motifs (C(OH)–C–C–N with tert-alkyl or cyclic N) is 1. The number of halogens is 3. The maximum atomic E-state index is 13.2. The number of hydrogen-bond donors (Lipinski definition) is 4. The second kappa shape index (κ2) is 12.2. The van der Waals surface area contributed by atoms with Gasteiger partial charge >= 0.3 is 12.1 Å². The Kier molecular flexibility index (Phi) is 9.16. The van der Waals surface area contributed by atoms with E-state index < -0.39 is 24.3 Å². The normalized spacial score (nSPS) is 26.0. The van der Waals surface area contributed by atoms with Gasteiger partial charge < -0.3 is 25.7 Å². The first kappa shape index (κ1) is 29.9. The number of carbonyl (C=O) groups is 3. The van der Waals surface area contributed by atoms with Crippen LogP contribution in [0.5, 0.6) is 0 Å². The molecule has 2 saturated heterocycles. The lowest BCUT2D eigenvalue weighted by Crippen LogP contribution is -2.61. The summed E-state index contributed by atoms with van der Waals surface area (Å²) in [4.78, 5) is 42.1. The van der Waals surface area contributed by atoms with Crippen LogP contribution in [0.3, 0.4) is 0 Å². The van der Waals surface area contributed by atoms with E-state index in [1.165, 1.54) is 12.8 Å². The zero-order valence-corrected chi connectivity index (χ0v) is 22.9. The molecular weight excluding hydrogens is 549 g/mol. The van der Waals surface area contributed by atoms with Crippen LogP contribution in [0.4, 0.5) is 13.2 Å². The number of hydrogen-bond acceptors (Lipinski definition) is 7. The Labute approximate surface area is 233 Å². The van der Waals surface area contributed by atoms with Crippen molar-refractivity contribution in [2.24, 2.45) is 5.92 Å². The predicted molar refractivity (Wildman–Crippen MR) is 141 cm³/mol. The number of rotatable bonds is 5. The fraction of sp³-hybridized carbons (Fsp3) is 0.556. The third-order valence-electron chi connectivity index (χ3n) is 7.74. The molecule has 13 heteroatoms. The zero-order valence-electron chi connectivity index (χ0n) is 22.0. The van der Waals surface area contributed by atoms with Crippen molar-refractivity contribution in [1.29, 1.82) is 0 Å². The number of amides is 2. The van der Waals surface area contributed by atoms with E-state index in [4.69, 9.17) is 9.90 Å². The van der Waals surface area contributed by atoms with Gasteiger partial charge in [-0.2, -0.15) is 13.2 Å². The number of aryl methyl sites for hydroxylation is 1. The maximum Gasteiger partial charge on any atom is 0.490 e. The molecule has 218 valence electrons. The van der Waals surface area contributed by atoms with Crippen molar-refractivity contribution in [2.45, 2.75) is 75.9 Å². The predicted octanol–water partition coefficient (Wildman–Crippen LogP) is 3.25. The van der Waals surface area contributed by atoms with Crippen molar-refractivity contribution >= 4 is 29.1 Å². The molecule has 40 heavy (non-hydrogen) atoms. The summed E-state index contributed by atoms with van der Waals surface area (Å²) in [7, 11) is 0.